The molecule has 0 saturated heterocycles. The van der Waals surface area contributed by atoms with E-state index < -0.39 is 10.0 Å². The van der Waals surface area contributed by atoms with E-state index in [4.69, 9.17) is 0 Å². The first kappa shape index (κ1) is 18.6. The normalized spacial score (nSPS) is 11.6. The van der Waals surface area contributed by atoms with Crippen molar-refractivity contribution in [3.05, 3.63) is 29.8 Å². The smallest absolute Gasteiger partial charge is 0.239 e. The fraction of sp³-hybridized carbons (Fsp3) is 0.562. The Morgan fingerprint density at radius 1 is 1.14 bits per heavy atom. The number of anilines is 1. The topological polar surface area (TPSA) is 66.5 Å². The maximum Gasteiger partial charge on any atom is 0.239 e. The summed E-state index contributed by atoms with van der Waals surface area (Å²) in [4.78, 5) is 12.0. The molecule has 0 fully saturated rings. The number of hydrogen-bond donors (Lipinski definition) is 1. The molecule has 22 heavy (non-hydrogen) atoms. The van der Waals surface area contributed by atoms with Crippen molar-refractivity contribution in [2.45, 2.75) is 39.5 Å². The van der Waals surface area contributed by atoms with Crippen LogP contribution in [0.15, 0.2) is 24.3 Å². The fourth-order valence-corrected chi connectivity index (χ4v) is 2.90. The zero-order chi connectivity index (χ0) is 16.6. The van der Waals surface area contributed by atoms with Gasteiger partial charge in [0.2, 0.25) is 15.9 Å². The molecule has 0 saturated carbocycles. The monoisotopic (exact) mass is 326 g/mol. The number of aryl methyl sites for hydroxylation is 1. The van der Waals surface area contributed by atoms with Crippen LogP contribution >= 0.6 is 0 Å². The van der Waals surface area contributed by atoms with Gasteiger partial charge in [-0.3, -0.25) is 4.79 Å². The molecule has 0 aliphatic rings. The first-order valence-corrected chi connectivity index (χ1v) is 9.55. The molecule has 1 amide bonds. The summed E-state index contributed by atoms with van der Waals surface area (Å²) >= 11 is 0. The van der Waals surface area contributed by atoms with Crippen LogP contribution < -0.4 is 5.32 Å². The minimum atomic E-state index is -3.37. The summed E-state index contributed by atoms with van der Waals surface area (Å²) in [6.07, 6.45) is 4.80. The third-order valence-corrected chi connectivity index (χ3v) is 4.70. The third-order valence-electron chi connectivity index (χ3n) is 3.45. The number of sulfonamides is 1. The van der Waals surface area contributed by atoms with Gasteiger partial charge in [0.15, 0.2) is 0 Å². The highest BCUT2D eigenvalue weighted by atomic mass is 32.2. The van der Waals surface area contributed by atoms with E-state index in [1.54, 1.807) is 0 Å². The Morgan fingerprint density at radius 3 is 2.27 bits per heavy atom. The summed E-state index contributed by atoms with van der Waals surface area (Å²) in [6.45, 7) is 4.36. The van der Waals surface area contributed by atoms with Crippen LogP contribution in [0.25, 0.3) is 0 Å². The molecule has 0 heterocycles. The van der Waals surface area contributed by atoms with E-state index >= 15 is 0 Å². The molecule has 0 aliphatic carbocycles. The van der Waals surface area contributed by atoms with Crippen molar-refractivity contribution >= 4 is 21.6 Å². The molecule has 5 nitrogen and oxygen atoms in total. The summed E-state index contributed by atoms with van der Waals surface area (Å²) in [5, 5.41) is 2.74. The van der Waals surface area contributed by atoms with E-state index in [0.717, 1.165) is 31.9 Å². The lowest BCUT2D eigenvalue weighted by atomic mass is 10.1. The lowest BCUT2D eigenvalue weighted by Gasteiger charge is -2.19. The highest BCUT2D eigenvalue weighted by Gasteiger charge is 2.19. The molecule has 1 aromatic rings. The van der Waals surface area contributed by atoms with E-state index in [0.29, 0.717) is 12.2 Å². The summed E-state index contributed by atoms with van der Waals surface area (Å²) in [5.41, 5.74) is 1.87. The van der Waals surface area contributed by atoms with E-state index in [1.165, 1.54) is 9.87 Å². The highest BCUT2D eigenvalue weighted by Crippen LogP contribution is 2.10. The molecule has 124 valence electrons. The maximum atomic E-state index is 12.0. The van der Waals surface area contributed by atoms with Crippen LogP contribution in [-0.4, -0.2) is 38.0 Å². The first-order chi connectivity index (χ1) is 10.4. The van der Waals surface area contributed by atoms with Crippen molar-refractivity contribution in [1.82, 2.24) is 4.31 Å². The van der Waals surface area contributed by atoms with Crippen LogP contribution in [0.2, 0.25) is 0 Å². The molecule has 6 heteroatoms. The van der Waals surface area contributed by atoms with Gasteiger partial charge in [-0.1, -0.05) is 38.8 Å². The van der Waals surface area contributed by atoms with E-state index in [2.05, 4.69) is 19.2 Å². The van der Waals surface area contributed by atoms with Crippen molar-refractivity contribution < 1.29 is 13.2 Å². The van der Waals surface area contributed by atoms with Gasteiger partial charge in [0.1, 0.15) is 0 Å². The summed E-state index contributed by atoms with van der Waals surface area (Å²) in [6, 6.07) is 7.56. The molecule has 1 aromatic carbocycles. The molecule has 0 atom stereocenters. The minimum Gasteiger partial charge on any atom is -0.325 e. The van der Waals surface area contributed by atoms with E-state index in [1.807, 2.05) is 24.3 Å². The van der Waals surface area contributed by atoms with Crippen molar-refractivity contribution in [1.29, 1.82) is 0 Å². The molecule has 0 radical (unpaired) electrons. The summed E-state index contributed by atoms with van der Waals surface area (Å²) < 4.78 is 24.7. The average Bonchev–Trinajstić information content (AvgIpc) is 2.46. The van der Waals surface area contributed by atoms with Crippen LogP contribution in [0.4, 0.5) is 5.69 Å². The van der Waals surface area contributed by atoms with Gasteiger partial charge in [-0.05, 0) is 30.5 Å². The van der Waals surface area contributed by atoms with E-state index in [9.17, 15) is 13.2 Å². The van der Waals surface area contributed by atoms with Crippen LogP contribution in [0.5, 0.6) is 0 Å². The van der Waals surface area contributed by atoms with Gasteiger partial charge in [-0.2, -0.15) is 4.31 Å². The van der Waals surface area contributed by atoms with Crippen LogP contribution in [0.1, 0.15) is 38.7 Å². The van der Waals surface area contributed by atoms with Gasteiger partial charge >= 0.3 is 0 Å². The number of amides is 1. The number of carbonyl (C=O) groups is 1. The lowest BCUT2D eigenvalue weighted by molar-refractivity contribution is -0.116. The molecule has 1 rings (SSSR count). The Balaban J connectivity index is 2.61. The van der Waals surface area contributed by atoms with Crippen LogP contribution in [0.3, 0.4) is 0 Å². The Labute approximate surface area is 133 Å². The molecule has 0 unspecified atom stereocenters. The Kier molecular flexibility index (Phi) is 7.55. The van der Waals surface area contributed by atoms with E-state index in [-0.39, 0.29) is 12.5 Å². The van der Waals surface area contributed by atoms with Crippen molar-refractivity contribution in [3.8, 4) is 0 Å². The Hall–Kier alpha value is -1.40. The maximum absolute atomic E-state index is 12.0. The number of unbranched alkanes of at least 4 members (excludes halogenated alkanes) is 2. The SMILES string of the molecule is CCCCCN(CC(=O)Nc1ccc(CC)cc1)S(C)(=O)=O. The Bertz CT molecular complexity index is 568. The molecular weight excluding hydrogens is 300 g/mol. The second-order valence-electron chi connectivity index (χ2n) is 5.40. The minimum absolute atomic E-state index is 0.141. The first-order valence-electron chi connectivity index (χ1n) is 7.70. The number of benzene rings is 1. The average molecular weight is 326 g/mol. The molecule has 1 N–H and O–H groups in total. The predicted octanol–water partition coefficient (Wildman–Crippen LogP) is 2.64. The van der Waals surface area contributed by atoms with Gasteiger partial charge in [0, 0.05) is 12.2 Å². The van der Waals surface area contributed by atoms with Gasteiger partial charge in [-0.25, -0.2) is 8.42 Å². The van der Waals surface area contributed by atoms with Gasteiger partial charge in [0.05, 0.1) is 12.8 Å². The molecule has 0 aromatic heterocycles. The predicted molar refractivity (Wildman–Crippen MR) is 90.4 cm³/mol. The number of carbonyl (C=O) groups excluding carboxylic acids is 1. The van der Waals surface area contributed by atoms with Crippen molar-refractivity contribution in [3.63, 3.8) is 0 Å². The molecule has 0 aliphatic heterocycles. The Morgan fingerprint density at radius 2 is 1.77 bits per heavy atom. The van der Waals surface area contributed by atoms with Gasteiger partial charge < -0.3 is 5.32 Å². The van der Waals surface area contributed by atoms with Gasteiger partial charge in [0.25, 0.3) is 0 Å². The van der Waals surface area contributed by atoms with Crippen molar-refractivity contribution in [2.24, 2.45) is 0 Å². The number of rotatable bonds is 9. The quantitative estimate of drug-likeness (QED) is 0.709. The second-order valence-corrected chi connectivity index (χ2v) is 7.38. The molecule has 0 bridgehead atoms. The van der Waals surface area contributed by atoms with Crippen molar-refractivity contribution in [2.75, 3.05) is 24.7 Å². The van der Waals surface area contributed by atoms with Crippen LogP contribution in [0, 0.1) is 0 Å². The standard InChI is InChI=1S/C16H26N2O3S/c1-4-6-7-12-18(22(3,20)21)13-16(19)17-15-10-8-14(5-2)9-11-15/h8-11H,4-7,12-13H2,1-3H3,(H,17,19). The zero-order valence-electron chi connectivity index (χ0n) is 13.6. The molecular formula is C16H26N2O3S. The fourth-order valence-electron chi connectivity index (χ4n) is 2.08. The molecule has 0 spiro atoms. The summed E-state index contributed by atoms with van der Waals surface area (Å²) in [7, 11) is -3.37. The second kappa shape index (κ2) is 8.90. The van der Waals surface area contributed by atoms with Gasteiger partial charge in [-0.15, -0.1) is 0 Å². The highest BCUT2D eigenvalue weighted by molar-refractivity contribution is 7.88. The number of hydrogen-bond acceptors (Lipinski definition) is 3. The third kappa shape index (κ3) is 6.58. The largest absolute Gasteiger partial charge is 0.325 e. The summed E-state index contributed by atoms with van der Waals surface area (Å²) in [5.74, 6) is -0.314. The zero-order valence-corrected chi connectivity index (χ0v) is 14.4. The number of nitrogens with one attached hydrogen (secondary N) is 1. The van der Waals surface area contributed by atoms with Crippen LogP contribution in [-0.2, 0) is 21.2 Å². The number of nitrogens with zero attached hydrogens (tertiary/aromatic N) is 1. The lowest BCUT2D eigenvalue weighted by Crippen LogP contribution is -2.38.